The van der Waals surface area contributed by atoms with Crippen LogP contribution >= 0.6 is 0 Å². The molecule has 1 fully saturated rings. The fraction of sp³-hybridized carbons (Fsp3) is 0.538. The minimum absolute atomic E-state index is 0.0131. The van der Waals surface area contributed by atoms with E-state index in [0.29, 0.717) is 30.9 Å². The summed E-state index contributed by atoms with van der Waals surface area (Å²) in [7, 11) is 5.12. The number of carbonyl (C=O) groups excluding carboxylic acids is 2. The van der Waals surface area contributed by atoms with E-state index in [1.54, 1.807) is 4.90 Å². The molecule has 1 aliphatic heterocycles. The minimum atomic E-state index is -0.236. The number of anilines is 2. The molecule has 0 spiro atoms. The van der Waals surface area contributed by atoms with Gasteiger partial charge in [0, 0.05) is 27.1 Å². The largest absolute Gasteiger partial charge is 0.467 e. The number of carbonyl (C=O) groups is 2. The van der Waals surface area contributed by atoms with Crippen LogP contribution < -0.4 is 20.3 Å². The Balaban J connectivity index is 2.11. The summed E-state index contributed by atoms with van der Waals surface area (Å²) in [4.78, 5) is 33.3. The zero-order valence-electron chi connectivity index (χ0n) is 12.3. The topological polar surface area (TPSA) is 96.4 Å². The number of nitrogens with zero attached hydrogens (tertiary/aromatic N) is 3. The molecule has 0 aliphatic carbocycles. The molecule has 0 aromatic carbocycles. The van der Waals surface area contributed by atoms with Crippen LogP contribution in [0.25, 0.3) is 0 Å². The van der Waals surface area contributed by atoms with E-state index < -0.39 is 0 Å². The van der Waals surface area contributed by atoms with Crippen LogP contribution in [-0.2, 0) is 9.59 Å². The van der Waals surface area contributed by atoms with Gasteiger partial charge in [0.1, 0.15) is 5.69 Å². The molecule has 0 saturated carbocycles. The zero-order valence-corrected chi connectivity index (χ0v) is 12.3. The van der Waals surface area contributed by atoms with Gasteiger partial charge in [-0.25, -0.2) is 4.98 Å². The van der Waals surface area contributed by atoms with Gasteiger partial charge in [-0.15, -0.1) is 0 Å². The second kappa shape index (κ2) is 6.38. The van der Waals surface area contributed by atoms with Gasteiger partial charge in [0.05, 0.1) is 19.2 Å². The first-order valence-corrected chi connectivity index (χ1v) is 6.67. The van der Waals surface area contributed by atoms with Gasteiger partial charge in [-0.05, 0) is 6.42 Å². The standard InChI is InChI=1S/C13H19N5O3/c1-18(2)11-9(7-15-13(17-11)21-3)16-12(20)8-4-5-10(19)14-6-8/h7-8H,4-6H2,1-3H3,(H,14,19)(H,16,20). The number of methoxy groups -OCH3 is 1. The third-order valence-corrected chi connectivity index (χ3v) is 3.25. The zero-order chi connectivity index (χ0) is 15.4. The minimum Gasteiger partial charge on any atom is -0.467 e. The van der Waals surface area contributed by atoms with Crippen molar-refractivity contribution in [3.63, 3.8) is 0 Å². The number of hydrogen-bond acceptors (Lipinski definition) is 6. The molecule has 1 saturated heterocycles. The Bertz CT molecular complexity index is 537. The number of piperidine rings is 1. The molecule has 1 atom stereocenters. The first-order valence-electron chi connectivity index (χ1n) is 6.67. The number of aromatic nitrogens is 2. The van der Waals surface area contributed by atoms with E-state index in [1.807, 2.05) is 14.1 Å². The van der Waals surface area contributed by atoms with Gasteiger partial charge >= 0.3 is 6.01 Å². The fourth-order valence-corrected chi connectivity index (χ4v) is 2.08. The highest BCUT2D eigenvalue weighted by atomic mass is 16.5. The molecule has 1 aromatic heterocycles. The SMILES string of the molecule is COc1ncc(NC(=O)C2CCC(=O)NC2)c(N(C)C)n1. The average molecular weight is 293 g/mol. The van der Waals surface area contributed by atoms with Crippen LogP contribution in [0.15, 0.2) is 6.20 Å². The van der Waals surface area contributed by atoms with Crippen LogP contribution in [0.2, 0.25) is 0 Å². The Labute approximate surface area is 122 Å². The van der Waals surface area contributed by atoms with Crippen molar-refractivity contribution in [2.75, 3.05) is 38.0 Å². The number of amides is 2. The quantitative estimate of drug-likeness (QED) is 0.812. The van der Waals surface area contributed by atoms with Crippen molar-refractivity contribution in [3.8, 4) is 6.01 Å². The Morgan fingerprint density at radius 1 is 1.52 bits per heavy atom. The second-order valence-corrected chi connectivity index (χ2v) is 5.02. The maximum absolute atomic E-state index is 12.2. The smallest absolute Gasteiger partial charge is 0.318 e. The number of ether oxygens (including phenoxy) is 1. The number of hydrogen-bond donors (Lipinski definition) is 2. The highest BCUT2D eigenvalue weighted by Gasteiger charge is 2.25. The highest BCUT2D eigenvalue weighted by Crippen LogP contribution is 2.24. The molecule has 21 heavy (non-hydrogen) atoms. The number of rotatable bonds is 4. The normalized spacial score (nSPS) is 17.9. The van der Waals surface area contributed by atoms with Crippen LogP contribution in [0, 0.1) is 5.92 Å². The fourth-order valence-electron chi connectivity index (χ4n) is 2.08. The highest BCUT2D eigenvalue weighted by molar-refractivity contribution is 5.96. The predicted molar refractivity (Wildman–Crippen MR) is 77.3 cm³/mol. The molecule has 8 heteroatoms. The molecule has 2 heterocycles. The lowest BCUT2D eigenvalue weighted by Crippen LogP contribution is -2.40. The van der Waals surface area contributed by atoms with Crippen LogP contribution in [0.5, 0.6) is 6.01 Å². The van der Waals surface area contributed by atoms with E-state index in [4.69, 9.17) is 4.74 Å². The molecule has 2 amide bonds. The molecule has 0 bridgehead atoms. The van der Waals surface area contributed by atoms with Crippen LogP contribution in [0.3, 0.4) is 0 Å². The summed E-state index contributed by atoms with van der Waals surface area (Å²) in [5.74, 6) is 0.169. The van der Waals surface area contributed by atoms with Gasteiger partial charge in [0.25, 0.3) is 0 Å². The molecule has 114 valence electrons. The van der Waals surface area contributed by atoms with E-state index in [9.17, 15) is 9.59 Å². The molecule has 0 radical (unpaired) electrons. The van der Waals surface area contributed by atoms with E-state index in [0.717, 1.165) is 0 Å². The molecule has 1 aliphatic rings. The lowest BCUT2D eigenvalue weighted by Gasteiger charge is -2.23. The second-order valence-electron chi connectivity index (χ2n) is 5.02. The molecule has 1 unspecified atom stereocenters. The van der Waals surface area contributed by atoms with Crippen LogP contribution in [-0.4, -0.2) is 49.5 Å². The van der Waals surface area contributed by atoms with Crippen molar-refractivity contribution in [1.82, 2.24) is 15.3 Å². The maximum atomic E-state index is 12.2. The Morgan fingerprint density at radius 3 is 2.86 bits per heavy atom. The molecule has 2 N–H and O–H groups in total. The van der Waals surface area contributed by atoms with Crippen molar-refractivity contribution in [3.05, 3.63) is 6.20 Å². The lowest BCUT2D eigenvalue weighted by molar-refractivity contribution is -0.126. The maximum Gasteiger partial charge on any atom is 0.318 e. The first kappa shape index (κ1) is 15.0. The monoisotopic (exact) mass is 293 g/mol. The first-order chi connectivity index (χ1) is 10.0. The van der Waals surface area contributed by atoms with E-state index in [2.05, 4.69) is 20.6 Å². The molecular weight excluding hydrogens is 274 g/mol. The molecule has 8 nitrogen and oxygen atoms in total. The van der Waals surface area contributed by atoms with Crippen molar-refractivity contribution < 1.29 is 14.3 Å². The summed E-state index contributed by atoms with van der Waals surface area (Å²) in [6.45, 7) is 0.360. The number of nitrogens with one attached hydrogen (secondary N) is 2. The van der Waals surface area contributed by atoms with E-state index in [1.165, 1.54) is 13.3 Å². The summed E-state index contributed by atoms with van der Waals surface area (Å²) in [6.07, 6.45) is 2.43. The van der Waals surface area contributed by atoms with Crippen molar-refractivity contribution in [2.24, 2.45) is 5.92 Å². The van der Waals surface area contributed by atoms with Crippen molar-refractivity contribution >= 4 is 23.3 Å². The summed E-state index contributed by atoms with van der Waals surface area (Å²) < 4.78 is 4.98. The molecular formula is C13H19N5O3. The Morgan fingerprint density at radius 2 is 2.29 bits per heavy atom. The van der Waals surface area contributed by atoms with E-state index >= 15 is 0 Å². The van der Waals surface area contributed by atoms with Crippen molar-refractivity contribution in [2.45, 2.75) is 12.8 Å². The average Bonchev–Trinajstić information content (AvgIpc) is 2.48. The third-order valence-electron chi connectivity index (χ3n) is 3.25. The summed E-state index contributed by atoms with van der Waals surface area (Å²) >= 11 is 0. The van der Waals surface area contributed by atoms with E-state index in [-0.39, 0.29) is 23.7 Å². The van der Waals surface area contributed by atoms with Gasteiger partial charge in [0.15, 0.2) is 5.82 Å². The molecule has 1 aromatic rings. The van der Waals surface area contributed by atoms with Gasteiger partial charge in [-0.2, -0.15) is 4.98 Å². The summed E-state index contributed by atoms with van der Waals surface area (Å²) in [6, 6.07) is 0.238. The Hall–Kier alpha value is -2.38. The van der Waals surface area contributed by atoms with Gasteiger partial charge < -0.3 is 20.3 Å². The van der Waals surface area contributed by atoms with Crippen LogP contribution in [0.1, 0.15) is 12.8 Å². The Kier molecular flexibility index (Phi) is 4.56. The summed E-state index contributed by atoms with van der Waals surface area (Å²) in [5, 5.41) is 5.51. The van der Waals surface area contributed by atoms with Crippen molar-refractivity contribution in [1.29, 1.82) is 0 Å². The molecule has 2 rings (SSSR count). The predicted octanol–water partition coefficient (Wildman–Crippen LogP) is 0.0159. The third kappa shape index (κ3) is 3.59. The van der Waals surface area contributed by atoms with Crippen LogP contribution in [0.4, 0.5) is 11.5 Å². The lowest BCUT2D eigenvalue weighted by atomic mass is 9.98. The van der Waals surface area contributed by atoms with Gasteiger partial charge in [-0.1, -0.05) is 0 Å². The van der Waals surface area contributed by atoms with Gasteiger partial charge in [0.2, 0.25) is 11.8 Å². The van der Waals surface area contributed by atoms with Gasteiger partial charge in [-0.3, -0.25) is 9.59 Å². The summed E-state index contributed by atoms with van der Waals surface area (Å²) in [5.41, 5.74) is 0.516.